The van der Waals surface area contributed by atoms with E-state index in [0.717, 1.165) is 24.3 Å². The van der Waals surface area contributed by atoms with Crippen LogP contribution < -0.4 is 0 Å². The lowest BCUT2D eigenvalue weighted by molar-refractivity contribution is -0.213. The number of hydrogen-bond donors (Lipinski definition) is 2. The van der Waals surface area contributed by atoms with Crippen LogP contribution in [-0.2, 0) is 0 Å². The molecule has 6 saturated carbocycles. The first-order valence-corrected chi connectivity index (χ1v) is 9.77. The van der Waals surface area contributed by atoms with Crippen LogP contribution in [0.3, 0.4) is 0 Å². The Hall–Kier alpha value is -0.380. The Kier molecular flexibility index (Phi) is 1.79. The van der Waals surface area contributed by atoms with Gasteiger partial charge in [0.05, 0.1) is 12.2 Å². The van der Waals surface area contributed by atoms with Crippen LogP contribution in [0.15, 0.2) is 12.2 Å². The second kappa shape index (κ2) is 3.20. The lowest BCUT2D eigenvalue weighted by Gasteiger charge is -2.66. The predicted octanol–water partition coefficient (Wildman–Crippen LogP) is 1.79. The lowest BCUT2D eigenvalue weighted by Crippen LogP contribution is -2.68. The minimum Gasteiger partial charge on any atom is -0.392 e. The molecule has 6 aliphatic carbocycles. The van der Waals surface area contributed by atoms with E-state index in [4.69, 9.17) is 0 Å². The maximum atomic E-state index is 11.3. The number of aliphatic hydroxyl groups excluding tert-OH is 2. The normalized spacial score (nSPS) is 75.6. The average molecular weight is 313 g/mol. The Morgan fingerprint density at radius 1 is 1.17 bits per heavy atom. The molecule has 0 aromatic carbocycles. The van der Waals surface area contributed by atoms with Crippen molar-refractivity contribution in [2.24, 2.45) is 39.9 Å². The second-order valence-electron chi connectivity index (χ2n) is 10.5. The third-order valence-corrected chi connectivity index (χ3v) is 10.3. The fourth-order valence-corrected chi connectivity index (χ4v) is 10.5. The Labute approximate surface area is 137 Å². The van der Waals surface area contributed by atoms with E-state index < -0.39 is 0 Å². The molecule has 12 atom stereocenters. The largest absolute Gasteiger partial charge is 0.392 e. The first-order chi connectivity index (χ1) is 11.0. The van der Waals surface area contributed by atoms with Gasteiger partial charge in [-0.3, -0.25) is 4.90 Å². The summed E-state index contributed by atoms with van der Waals surface area (Å²) in [7, 11) is 0. The van der Waals surface area contributed by atoms with Gasteiger partial charge in [0.25, 0.3) is 0 Å². The van der Waals surface area contributed by atoms with Crippen molar-refractivity contribution in [3.05, 3.63) is 12.2 Å². The number of hydrogen-bond acceptors (Lipinski definition) is 3. The molecule has 2 spiro atoms. The van der Waals surface area contributed by atoms with Crippen molar-refractivity contribution in [3.63, 3.8) is 0 Å². The van der Waals surface area contributed by atoms with Gasteiger partial charge in [-0.05, 0) is 53.9 Å². The number of rotatable bonds is 0. The van der Waals surface area contributed by atoms with Crippen molar-refractivity contribution in [1.29, 1.82) is 0 Å². The highest BCUT2D eigenvalue weighted by molar-refractivity contribution is 5.43. The van der Waals surface area contributed by atoms with Crippen molar-refractivity contribution in [3.8, 4) is 0 Å². The molecule has 23 heavy (non-hydrogen) atoms. The zero-order chi connectivity index (χ0) is 15.5. The summed E-state index contributed by atoms with van der Waals surface area (Å²) >= 11 is 0. The molecule has 3 unspecified atom stereocenters. The standard InChI is InChI=1S/C20H27NO2/c1-9-10-6-11-16-19-5-3-4-18(2)8-21(16)12(14(18)19)7-20(11,17(9)23)15(19)13(10)22/h10-17,22-23H,1,3-8H2,2H3/t10-,11?,12-,13+,14-,15+,16?,17+,18+,19+,20-/m1/s1. The topological polar surface area (TPSA) is 43.7 Å². The van der Waals surface area contributed by atoms with Crippen LogP contribution in [0.5, 0.6) is 0 Å². The molecule has 0 radical (unpaired) electrons. The van der Waals surface area contributed by atoms with Gasteiger partial charge in [-0.15, -0.1) is 0 Å². The molecule has 9 rings (SSSR count). The molecule has 2 N–H and O–H groups in total. The third kappa shape index (κ3) is 0.910. The summed E-state index contributed by atoms with van der Waals surface area (Å²) in [6, 6.07) is 1.34. The molecule has 0 amide bonds. The molecule has 9 bridgehead atoms. The molecular formula is C20H27NO2. The van der Waals surface area contributed by atoms with Gasteiger partial charge in [-0.1, -0.05) is 19.9 Å². The maximum Gasteiger partial charge on any atom is 0.0815 e. The molecule has 0 aromatic heterocycles. The van der Waals surface area contributed by atoms with Crippen LogP contribution in [-0.4, -0.2) is 45.9 Å². The minimum absolute atomic E-state index is 0.0316. The second-order valence-corrected chi connectivity index (χ2v) is 10.5. The Morgan fingerprint density at radius 2 is 2.00 bits per heavy atom. The summed E-state index contributed by atoms with van der Waals surface area (Å²) in [5.41, 5.74) is 1.72. The summed E-state index contributed by atoms with van der Waals surface area (Å²) in [6.45, 7) is 8.04. The van der Waals surface area contributed by atoms with Gasteiger partial charge in [0, 0.05) is 35.9 Å². The Balaban J connectivity index is 1.55. The van der Waals surface area contributed by atoms with Gasteiger partial charge in [0.2, 0.25) is 0 Å². The Bertz CT molecular complexity index is 677. The summed E-state index contributed by atoms with van der Waals surface area (Å²) in [5.74, 6) is 1.90. The van der Waals surface area contributed by atoms with Crippen LogP contribution in [0, 0.1) is 39.9 Å². The predicted molar refractivity (Wildman–Crippen MR) is 85.5 cm³/mol. The van der Waals surface area contributed by atoms with Gasteiger partial charge in [-0.25, -0.2) is 0 Å². The van der Waals surface area contributed by atoms with Crippen LogP contribution in [0.4, 0.5) is 0 Å². The van der Waals surface area contributed by atoms with Crippen molar-refractivity contribution in [1.82, 2.24) is 4.90 Å². The molecular weight excluding hydrogens is 286 g/mol. The van der Waals surface area contributed by atoms with E-state index in [9.17, 15) is 10.2 Å². The van der Waals surface area contributed by atoms with E-state index in [1.807, 2.05) is 0 Å². The van der Waals surface area contributed by atoms with Crippen LogP contribution in [0.2, 0.25) is 0 Å². The highest BCUT2D eigenvalue weighted by Crippen LogP contribution is 2.86. The Morgan fingerprint density at radius 3 is 2.83 bits per heavy atom. The monoisotopic (exact) mass is 313 g/mol. The quantitative estimate of drug-likeness (QED) is 0.670. The van der Waals surface area contributed by atoms with E-state index in [-0.39, 0.29) is 23.5 Å². The highest BCUT2D eigenvalue weighted by atomic mass is 16.3. The molecule has 124 valence electrons. The number of aliphatic hydroxyl groups is 2. The molecule has 9 aliphatic rings. The summed E-state index contributed by atoms with van der Waals surface area (Å²) in [5, 5.41) is 22.6. The van der Waals surface area contributed by atoms with Gasteiger partial charge >= 0.3 is 0 Å². The zero-order valence-corrected chi connectivity index (χ0v) is 13.9. The van der Waals surface area contributed by atoms with Gasteiger partial charge in [0.1, 0.15) is 0 Å². The van der Waals surface area contributed by atoms with E-state index >= 15 is 0 Å². The number of piperidine rings is 2. The van der Waals surface area contributed by atoms with Crippen molar-refractivity contribution < 1.29 is 10.2 Å². The smallest absolute Gasteiger partial charge is 0.0815 e. The third-order valence-electron chi connectivity index (χ3n) is 10.3. The number of nitrogens with zero attached hydrogens (tertiary/aromatic N) is 1. The molecule has 3 aliphatic heterocycles. The first kappa shape index (κ1) is 12.9. The van der Waals surface area contributed by atoms with Crippen molar-refractivity contribution >= 4 is 0 Å². The van der Waals surface area contributed by atoms with Crippen LogP contribution in [0.1, 0.15) is 39.0 Å². The fraction of sp³-hybridized carbons (Fsp3) is 0.900. The summed E-state index contributed by atoms with van der Waals surface area (Å²) < 4.78 is 0. The van der Waals surface area contributed by atoms with Crippen molar-refractivity contribution in [2.75, 3.05) is 6.54 Å². The number of fused-ring (bicyclic) bond motifs is 1. The first-order valence-electron chi connectivity index (χ1n) is 9.77. The minimum atomic E-state index is -0.349. The van der Waals surface area contributed by atoms with Crippen molar-refractivity contribution in [2.45, 2.75) is 63.3 Å². The average Bonchev–Trinajstić information content (AvgIpc) is 2.93. The van der Waals surface area contributed by atoms with Crippen LogP contribution in [0.25, 0.3) is 0 Å². The van der Waals surface area contributed by atoms with Gasteiger partial charge < -0.3 is 10.2 Å². The molecule has 3 saturated heterocycles. The summed E-state index contributed by atoms with van der Waals surface area (Å²) in [4.78, 5) is 2.88. The molecule has 3 heteroatoms. The molecule has 0 aromatic rings. The van der Waals surface area contributed by atoms with Crippen LogP contribution >= 0.6 is 0 Å². The van der Waals surface area contributed by atoms with Gasteiger partial charge in [0.15, 0.2) is 0 Å². The van der Waals surface area contributed by atoms with E-state index in [0.29, 0.717) is 34.7 Å². The van der Waals surface area contributed by atoms with E-state index in [1.54, 1.807) is 0 Å². The SMILES string of the molecule is C=C1[C@H]2CC3C4N5C[C@]6(C)CCC[C@]47[C@H]([C@H]2O)[C@]3(C[C@@H]5[C@H]67)[C@H]1O. The molecule has 3 heterocycles. The lowest BCUT2D eigenvalue weighted by atomic mass is 9.39. The fourth-order valence-electron chi connectivity index (χ4n) is 10.5. The van der Waals surface area contributed by atoms with E-state index in [2.05, 4.69) is 18.4 Å². The molecule has 9 fully saturated rings. The maximum absolute atomic E-state index is 11.3. The van der Waals surface area contributed by atoms with E-state index in [1.165, 1.54) is 25.8 Å². The van der Waals surface area contributed by atoms with Gasteiger partial charge in [-0.2, -0.15) is 0 Å². The summed E-state index contributed by atoms with van der Waals surface area (Å²) in [6.07, 6.45) is 5.64. The zero-order valence-electron chi connectivity index (χ0n) is 13.9. The highest BCUT2D eigenvalue weighted by Gasteiger charge is 2.89. The molecule has 3 nitrogen and oxygen atoms in total.